The van der Waals surface area contributed by atoms with E-state index in [-0.39, 0.29) is 24.3 Å². The summed E-state index contributed by atoms with van der Waals surface area (Å²) in [5.41, 5.74) is -9.63. The molecule has 232 valence electrons. The standard InChI is InChI=1S/C17H8N12O16/c18-12-6(23(32)33)3-9(26(38)39)14(15(12)29(44)45)20-17-11(28(42)43)4-10(27(40)41)16(21-17)19-13-7(24(34)35)1-5(22(30)31)2-8(13)25(36)37/h1-4H,18H2,(H2,19,20,21). The molecule has 45 heavy (non-hydrogen) atoms. The quantitative estimate of drug-likeness (QED) is 0.145. The molecule has 0 fully saturated rings. The molecule has 0 aliphatic heterocycles. The first kappa shape index (κ1) is 31.7. The Morgan fingerprint density at radius 2 is 0.822 bits per heavy atom. The Morgan fingerprint density at radius 3 is 1.18 bits per heavy atom. The van der Waals surface area contributed by atoms with Gasteiger partial charge in [0.25, 0.3) is 5.69 Å². The summed E-state index contributed by atoms with van der Waals surface area (Å²) in [5, 5.41) is 96.2. The Balaban J connectivity index is 2.43. The molecular weight excluding hydrogens is 628 g/mol. The van der Waals surface area contributed by atoms with Gasteiger partial charge in [-0.3, -0.25) is 80.9 Å². The number of nitro benzene ring substituents is 6. The fourth-order valence-electron chi connectivity index (χ4n) is 3.58. The van der Waals surface area contributed by atoms with Gasteiger partial charge in [-0.1, -0.05) is 0 Å². The fraction of sp³-hybridized carbons (Fsp3) is 0. The number of aromatic nitrogens is 1. The maximum absolute atomic E-state index is 11.8. The summed E-state index contributed by atoms with van der Waals surface area (Å²) in [6.45, 7) is 0. The SMILES string of the molecule is Nc1c([N+](=O)[O-])cc([N+](=O)[O-])c(Nc2nc(Nc3c([N+](=O)[O-])cc([N+](=O)[O-])cc3[N+](=O)[O-])c([N+](=O)[O-])cc2[N+](=O)[O-])c1[N+](=O)[O-]. The van der Waals surface area contributed by atoms with Gasteiger partial charge < -0.3 is 16.4 Å². The van der Waals surface area contributed by atoms with E-state index in [0.29, 0.717) is 0 Å². The number of hydrogen-bond acceptors (Lipinski definition) is 20. The first-order valence-electron chi connectivity index (χ1n) is 10.8. The summed E-state index contributed by atoms with van der Waals surface area (Å²) in [6.07, 6.45) is 0. The third kappa shape index (κ3) is 5.97. The lowest BCUT2D eigenvalue weighted by atomic mass is 10.1. The van der Waals surface area contributed by atoms with Crippen LogP contribution in [-0.4, -0.2) is 44.4 Å². The van der Waals surface area contributed by atoms with Crippen molar-refractivity contribution in [2.45, 2.75) is 0 Å². The number of anilines is 5. The van der Waals surface area contributed by atoms with E-state index in [1.807, 2.05) is 5.32 Å². The van der Waals surface area contributed by atoms with Crippen LogP contribution in [0.5, 0.6) is 0 Å². The van der Waals surface area contributed by atoms with Gasteiger partial charge in [0.2, 0.25) is 17.3 Å². The summed E-state index contributed by atoms with van der Waals surface area (Å²) >= 11 is 0. The molecular formula is C17H8N12O16. The van der Waals surface area contributed by atoms with Crippen molar-refractivity contribution >= 4 is 74.2 Å². The third-order valence-corrected chi connectivity index (χ3v) is 5.42. The van der Waals surface area contributed by atoms with Gasteiger partial charge in [-0.25, -0.2) is 0 Å². The third-order valence-electron chi connectivity index (χ3n) is 5.42. The number of nitrogen functional groups attached to an aromatic ring is 1. The molecule has 0 radical (unpaired) electrons. The van der Waals surface area contributed by atoms with Gasteiger partial charge in [0.05, 0.1) is 57.6 Å². The van der Waals surface area contributed by atoms with Crippen molar-refractivity contribution in [1.29, 1.82) is 0 Å². The van der Waals surface area contributed by atoms with Gasteiger partial charge in [-0.15, -0.1) is 0 Å². The number of pyridine rings is 1. The number of benzene rings is 2. The van der Waals surface area contributed by atoms with E-state index in [1.54, 1.807) is 5.32 Å². The van der Waals surface area contributed by atoms with Gasteiger partial charge in [0, 0.05) is 0 Å². The predicted octanol–water partition coefficient (Wildman–Crippen LogP) is 3.42. The molecule has 2 aromatic carbocycles. The number of non-ortho nitro benzene ring substituents is 1. The molecule has 0 unspecified atom stereocenters. The highest BCUT2D eigenvalue weighted by molar-refractivity contribution is 5.92. The Kier molecular flexibility index (Phi) is 8.17. The van der Waals surface area contributed by atoms with Crippen LogP contribution in [0.15, 0.2) is 24.3 Å². The van der Waals surface area contributed by atoms with Crippen molar-refractivity contribution in [3.8, 4) is 0 Å². The van der Waals surface area contributed by atoms with Crippen molar-refractivity contribution in [1.82, 2.24) is 4.98 Å². The second-order valence-electron chi connectivity index (χ2n) is 7.94. The fourth-order valence-corrected chi connectivity index (χ4v) is 3.58. The van der Waals surface area contributed by atoms with E-state index in [9.17, 15) is 80.9 Å². The Morgan fingerprint density at radius 1 is 0.467 bits per heavy atom. The predicted molar refractivity (Wildman–Crippen MR) is 141 cm³/mol. The molecule has 0 spiro atoms. The van der Waals surface area contributed by atoms with Crippen LogP contribution < -0.4 is 16.4 Å². The minimum Gasteiger partial charge on any atom is -0.387 e. The number of rotatable bonds is 12. The number of hydrogen-bond donors (Lipinski definition) is 3. The highest BCUT2D eigenvalue weighted by Crippen LogP contribution is 2.48. The van der Waals surface area contributed by atoms with Gasteiger partial charge in [-0.05, 0) is 0 Å². The van der Waals surface area contributed by atoms with E-state index in [0.717, 1.165) is 0 Å². The van der Waals surface area contributed by atoms with E-state index >= 15 is 0 Å². The smallest absolute Gasteiger partial charge is 0.329 e. The molecule has 28 heteroatoms. The minimum absolute atomic E-state index is 0.0904. The van der Waals surface area contributed by atoms with Crippen LogP contribution in [0.3, 0.4) is 0 Å². The van der Waals surface area contributed by atoms with Crippen LogP contribution in [0.4, 0.5) is 74.2 Å². The van der Waals surface area contributed by atoms with E-state index in [4.69, 9.17) is 5.73 Å². The summed E-state index contributed by atoms with van der Waals surface area (Å²) in [4.78, 5) is 85.1. The van der Waals surface area contributed by atoms with Crippen LogP contribution in [0, 0.1) is 80.9 Å². The number of nitro groups is 8. The Labute approximate surface area is 240 Å². The summed E-state index contributed by atoms with van der Waals surface area (Å²) in [7, 11) is 0. The van der Waals surface area contributed by atoms with E-state index in [2.05, 4.69) is 4.98 Å². The van der Waals surface area contributed by atoms with Crippen molar-refractivity contribution in [2.75, 3.05) is 16.4 Å². The number of nitrogens with two attached hydrogens (primary N) is 1. The minimum atomic E-state index is -1.57. The lowest BCUT2D eigenvalue weighted by molar-refractivity contribution is -0.402. The molecule has 0 amide bonds. The lowest BCUT2D eigenvalue weighted by Gasteiger charge is -2.12. The normalized spacial score (nSPS) is 10.4. The van der Waals surface area contributed by atoms with Gasteiger partial charge >= 0.3 is 39.8 Å². The molecule has 28 nitrogen and oxygen atoms in total. The Hall–Kier alpha value is -7.81. The van der Waals surface area contributed by atoms with Crippen LogP contribution in [0.2, 0.25) is 0 Å². The molecule has 0 atom stereocenters. The van der Waals surface area contributed by atoms with Crippen LogP contribution in [-0.2, 0) is 0 Å². The molecule has 3 rings (SSSR count). The lowest BCUT2D eigenvalue weighted by Crippen LogP contribution is -2.11. The monoisotopic (exact) mass is 636 g/mol. The summed E-state index contributed by atoms with van der Waals surface area (Å²) in [6, 6.07) is 0.675. The summed E-state index contributed by atoms with van der Waals surface area (Å²) in [5.74, 6) is -2.62. The second kappa shape index (κ2) is 11.6. The maximum atomic E-state index is 11.8. The molecule has 0 bridgehead atoms. The molecule has 0 saturated heterocycles. The molecule has 0 aliphatic carbocycles. The number of nitrogens with one attached hydrogen (secondary N) is 2. The first-order valence-corrected chi connectivity index (χ1v) is 10.8. The van der Waals surface area contributed by atoms with Crippen LogP contribution in [0.1, 0.15) is 0 Å². The second-order valence-corrected chi connectivity index (χ2v) is 7.94. The maximum Gasteiger partial charge on any atom is 0.329 e. The number of nitrogens with zero attached hydrogens (tertiary/aromatic N) is 9. The summed E-state index contributed by atoms with van der Waals surface area (Å²) < 4.78 is 0. The largest absolute Gasteiger partial charge is 0.387 e. The molecule has 0 aliphatic rings. The molecule has 4 N–H and O–H groups in total. The first-order chi connectivity index (χ1) is 20.9. The van der Waals surface area contributed by atoms with Crippen molar-refractivity contribution < 1.29 is 39.4 Å². The van der Waals surface area contributed by atoms with E-state index < -0.39 is 114 Å². The van der Waals surface area contributed by atoms with Crippen molar-refractivity contribution in [3.63, 3.8) is 0 Å². The van der Waals surface area contributed by atoms with Gasteiger partial charge in [0.1, 0.15) is 6.07 Å². The molecule has 0 saturated carbocycles. The average molecular weight is 636 g/mol. The highest BCUT2D eigenvalue weighted by Gasteiger charge is 2.39. The molecule has 3 aromatic rings. The van der Waals surface area contributed by atoms with Crippen molar-refractivity contribution in [2.24, 2.45) is 0 Å². The van der Waals surface area contributed by atoms with Crippen LogP contribution in [0.25, 0.3) is 0 Å². The molecule has 1 aromatic heterocycles. The van der Waals surface area contributed by atoms with Gasteiger partial charge in [-0.2, -0.15) is 4.98 Å². The highest BCUT2D eigenvalue weighted by atomic mass is 16.7. The van der Waals surface area contributed by atoms with Crippen LogP contribution >= 0.6 is 0 Å². The Bertz CT molecular complexity index is 1870. The molecule has 1 heterocycles. The topological polar surface area (TPSA) is 408 Å². The van der Waals surface area contributed by atoms with Crippen molar-refractivity contribution in [3.05, 3.63) is 105 Å². The average Bonchev–Trinajstić information content (AvgIpc) is 2.91. The zero-order valence-electron chi connectivity index (χ0n) is 20.9. The zero-order valence-corrected chi connectivity index (χ0v) is 20.9. The zero-order chi connectivity index (χ0) is 34.1. The van der Waals surface area contributed by atoms with Gasteiger partial charge in [0.15, 0.2) is 11.4 Å². The van der Waals surface area contributed by atoms with E-state index in [1.165, 1.54) is 0 Å².